The molecule has 0 bridgehead atoms. The van der Waals surface area contributed by atoms with Crippen molar-refractivity contribution in [2.45, 2.75) is 0 Å². The lowest BCUT2D eigenvalue weighted by atomic mass is 11.2. The molecule has 1 unspecified atom stereocenters. The number of carbonyl (C=O) groups is 1. The van der Waals surface area contributed by atoms with Gasteiger partial charge in [-0.25, -0.2) is 4.79 Å². The van der Waals surface area contributed by atoms with E-state index in [9.17, 15) is 0 Å². The molecule has 64 valence electrons. The summed E-state index contributed by atoms with van der Waals surface area (Å²) in [4.78, 5) is 17.4. The molecule has 0 aromatic carbocycles. The van der Waals surface area contributed by atoms with Crippen LogP contribution in [0.15, 0.2) is 0 Å². The number of hydrogen-bond donors (Lipinski definition) is 4. The Morgan fingerprint density at radius 1 is 1.50 bits per heavy atom. The van der Waals surface area contributed by atoms with Crippen molar-refractivity contribution in [2.75, 3.05) is 0 Å². The summed E-state index contributed by atoms with van der Waals surface area (Å²) in [7, 11) is 0. The quantitative estimate of drug-likeness (QED) is 0.207. The average molecular weight is 174 g/mol. The lowest BCUT2D eigenvalue weighted by Crippen LogP contribution is -2.18. The van der Waals surface area contributed by atoms with Gasteiger partial charge in [-0.1, -0.05) is 0 Å². The largest absolute Gasteiger partial charge is 0.352 e. The first kappa shape index (κ1) is 23.2. The van der Waals surface area contributed by atoms with Gasteiger partial charge in [0, 0.05) is 0 Å². The van der Waals surface area contributed by atoms with Crippen molar-refractivity contribution >= 4 is 15.9 Å². The summed E-state index contributed by atoms with van der Waals surface area (Å²) < 4.78 is 0. The van der Waals surface area contributed by atoms with E-state index in [1.807, 2.05) is 0 Å². The van der Waals surface area contributed by atoms with Crippen LogP contribution in [0.5, 0.6) is 0 Å². The van der Waals surface area contributed by atoms with Gasteiger partial charge >= 0.3 is 6.03 Å². The monoisotopic (exact) mass is 174 g/mol. The number of urea groups is 1. The maximum Gasteiger partial charge on any atom is 0.309 e. The molecule has 0 saturated heterocycles. The fourth-order valence-corrected chi connectivity index (χ4v) is 0. The fourth-order valence-electron chi connectivity index (χ4n) is 0. The zero-order valence-electron chi connectivity index (χ0n) is 5.19. The van der Waals surface area contributed by atoms with Crippen molar-refractivity contribution in [2.24, 2.45) is 11.5 Å². The Bertz CT molecular complexity index is 75.3. The van der Waals surface area contributed by atoms with Gasteiger partial charge < -0.3 is 22.8 Å². The molecule has 0 saturated carbocycles. The van der Waals surface area contributed by atoms with Crippen LogP contribution in [0.2, 0.25) is 0 Å². The van der Waals surface area contributed by atoms with E-state index >= 15 is 0 Å². The van der Waals surface area contributed by atoms with Crippen molar-refractivity contribution in [1.29, 1.82) is 0 Å². The maximum atomic E-state index is 9.00. The molecule has 8 nitrogen and oxygen atoms in total. The second-order valence-corrected chi connectivity index (χ2v) is 0.640. The van der Waals surface area contributed by atoms with Crippen LogP contribution in [0.1, 0.15) is 0 Å². The highest BCUT2D eigenvalue weighted by Crippen LogP contribution is 1.38. The van der Waals surface area contributed by atoms with Crippen LogP contribution in [-0.2, 0) is 0 Å². The van der Waals surface area contributed by atoms with E-state index in [4.69, 9.17) is 20.1 Å². The molecule has 0 heterocycles. The third-order valence-electron chi connectivity index (χ3n) is 0. The molecular formula is CH11N4O4P. The van der Waals surface area contributed by atoms with E-state index in [0.717, 1.165) is 0 Å². The van der Waals surface area contributed by atoms with E-state index in [1.54, 1.807) is 0 Å². The minimum Gasteiger partial charge on any atom is -0.352 e. The molecule has 0 aliphatic heterocycles. The van der Waals surface area contributed by atoms with Crippen LogP contribution in [0.3, 0.4) is 0 Å². The van der Waals surface area contributed by atoms with Gasteiger partial charge in [-0.3, -0.25) is 0 Å². The lowest BCUT2D eigenvalue weighted by molar-refractivity contribution is -0.742. The molecule has 9 heteroatoms. The standard InChI is InChI=1S/CH4N2O.HNO3.H3N.H3P/c2*2-1(3)4;;/h(H4,2,3,4);(H,2,3,4);2*1H3. The van der Waals surface area contributed by atoms with Gasteiger partial charge in [0.2, 0.25) is 0 Å². The first-order valence-corrected chi connectivity index (χ1v) is 1.35. The van der Waals surface area contributed by atoms with Crippen molar-refractivity contribution in [3.63, 3.8) is 0 Å². The Labute approximate surface area is 59.9 Å². The molecule has 0 spiro atoms. The molecule has 10 heavy (non-hydrogen) atoms. The number of hydrogen-bond acceptors (Lipinski definition) is 4. The van der Waals surface area contributed by atoms with Crippen LogP contribution in [-0.4, -0.2) is 16.3 Å². The SMILES string of the molecule is N.NC(N)=O.O=[N+]([O-])O.P. The number of primary amides is 2. The Hall–Kier alpha value is -1.14. The highest BCUT2D eigenvalue weighted by atomic mass is 31.0. The predicted molar refractivity (Wildman–Crippen MR) is 38.7 cm³/mol. The molecule has 0 rings (SSSR count). The number of rotatable bonds is 0. The second-order valence-electron chi connectivity index (χ2n) is 0.640. The summed E-state index contributed by atoms with van der Waals surface area (Å²) in [6, 6.07) is -0.833. The van der Waals surface area contributed by atoms with Crippen LogP contribution in [0, 0.1) is 10.1 Å². The van der Waals surface area contributed by atoms with Crippen molar-refractivity contribution in [1.82, 2.24) is 6.15 Å². The highest BCUT2D eigenvalue weighted by Gasteiger charge is 1.65. The van der Waals surface area contributed by atoms with E-state index in [2.05, 4.69) is 11.5 Å². The van der Waals surface area contributed by atoms with Gasteiger partial charge in [-0.15, -0.1) is 10.1 Å². The molecule has 0 aromatic rings. The Morgan fingerprint density at radius 3 is 1.50 bits per heavy atom. The fraction of sp³-hybridized carbons (Fsp3) is 0. The first-order valence-electron chi connectivity index (χ1n) is 1.35. The first-order chi connectivity index (χ1) is 3.46. The van der Waals surface area contributed by atoms with Crippen LogP contribution < -0.4 is 17.6 Å². The van der Waals surface area contributed by atoms with Crippen molar-refractivity contribution in [3.8, 4) is 0 Å². The smallest absolute Gasteiger partial charge is 0.309 e. The summed E-state index contributed by atoms with van der Waals surface area (Å²) >= 11 is 0. The van der Waals surface area contributed by atoms with Gasteiger partial charge in [0.1, 0.15) is 0 Å². The Morgan fingerprint density at radius 2 is 1.50 bits per heavy atom. The van der Waals surface area contributed by atoms with Crippen molar-refractivity contribution in [3.05, 3.63) is 10.1 Å². The lowest BCUT2D eigenvalue weighted by Gasteiger charge is -1.62. The van der Waals surface area contributed by atoms with Crippen LogP contribution >= 0.6 is 9.90 Å². The zero-order chi connectivity index (χ0) is 7.15. The Kier molecular flexibility index (Phi) is 36.3. The van der Waals surface area contributed by atoms with Gasteiger partial charge in [0.15, 0.2) is 0 Å². The summed E-state index contributed by atoms with van der Waals surface area (Å²) in [5, 5.41) is 13.6. The van der Waals surface area contributed by atoms with Gasteiger partial charge in [0.25, 0.3) is 5.09 Å². The molecule has 0 aliphatic rings. The van der Waals surface area contributed by atoms with E-state index in [0.29, 0.717) is 0 Å². The van der Waals surface area contributed by atoms with E-state index < -0.39 is 11.1 Å². The van der Waals surface area contributed by atoms with E-state index in [-0.39, 0.29) is 16.0 Å². The minimum atomic E-state index is -1.50. The number of amides is 2. The number of carbonyl (C=O) groups excluding carboxylic acids is 1. The predicted octanol–water partition coefficient (Wildman–Crippen LogP) is -1.10. The summed E-state index contributed by atoms with van der Waals surface area (Å²) in [5.74, 6) is 0. The number of nitrogens with zero attached hydrogens (tertiary/aromatic N) is 1. The Balaban J connectivity index is -0.0000000300. The summed E-state index contributed by atoms with van der Waals surface area (Å²) in [6.07, 6.45) is 0. The molecule has 8 N–H and O–H groups in total. The van der Waals surface area contributed by atoms with Crippen molar-refractivity contribution < 1.29 is 15.1 Å². The van der Waals surface area contributed by atoms with E-state index in [1.165, 1.54) is 0 Å². The molecular weight excluding hydrogens is 163 g/mol. The highest BCUT2D eigenvalue weighted by molar-refractivity contribution is 6.92. The van der Waals surface area contributed by atoms with Gasteiger partial charge in [-0.2, -0.15) is 9.90 Å². The third-order valence-corrected chi connectivity index (χ3v) is 0. The van der Waals surface area contributed by atoms with Crippen LogP contribution in [0.25, 0.3) is 0 Å². The molecule has 0 aliphatic carbocycles. The molecule has 0 radical (unpaired) electrons. The van der Waals surface area contributed by atoms with Gasteiger partial charge in [-0.05, 0) is 0 Å². The van der Waals surface area contributed by atoms with Gasteiger partial charge in [0.05, 0.1) is 0 Å². The second kappa shape index (κ2) is 15.7. The summed E-state index contributed by atoms with van der Waals surface area (Å²) in [5.41, 5.74) is 8.50. The normalized spacial score (nSPS) is 4.80. The summed E-state index contributed by atoms with van der Waals surface area (Å²) in [6.45, 7) is 0. The molecule has 0 fully saturated rings. The third kappa shape index (κ3) is 181. The number of nitrogens with two attached hydrogens (primary N) is 2. The topological polar surface area (TPSA) is 167 Å². The van der Waals surface area contributed by atoms with Crippen LogP contribution in [0.4, 0.5) is 4.79 Å². The zero-order valence-corrected chi connectivity index (χ0v) is 6.60. The maximum absolute atomic E-state index is 9.00. The average Bonchev–Trinajstić information content (AvgIpc) is 1.25. The minimum absolute atomic E-state index is 0. The molecule has 0 aromatic heterocycles. The molecule has 2 amide bonds. The molecule has 1 atom stereocenters.